The minimum absolute atomic E-state index is 0.00386. The van der Waals surface area contributed by atoms with E-state index < -0.39 is 15.8 Å². The van der Waals surface area contributed by atoms with Gasteiger partial charge in [0.15, 0.2) is 0 Å². The smallest absolute Gasteiger partial charge is 0.245 e. The minimum atomic E-state index is -3.75. The summed E-state index contributed by atoms with van der Waals surface area (Å²) >= 11 is 0. The van der Waals surface area contributed by atoms with E-state index in [0.29, 0.717) is 6.54 Å². The van der Waals surface area contributed by atoms with E-state index in [1.165, 1.54) is 16.4 Å². The van der Waals surface area contributed by atoms with Gasteiger partial charge in [-0.1, -0.05) is 25.8 Å². The highest BCUT2D eigenvalue weighted by molar-refractivity contribution is 7.89. The van der Waals surface area contributed by atoms with Crippen LogP contribution in [0.3, 0.4) is 0 Å². The molecule has 1 aromatic carbocycles. The van der Waals surface area contributed by atoms with E-state index in [-0.39, 0.29) is 10.9 Å². The zero-order valence-corrected chi connectivity index (χ0v) is 13.4. The van der Waals surface area contributed by atoms with Gasteiger partial charge in [-0.15, -0.1) is 0 Å². The van der Waals surface area contributed by atoms with Crippen molar-refractivity contribution >= 4 is 10.0 Å². The number of hydrogen-bond donors (Lipinski definition) is 1. The van der Waals surface area contributed by atoms with Crippen molar-refractivity contribution in [3.63, 3.8) is 0 Å². The Morgan fingerprint density at radius 3 is 2.57 bits per heavy atom. The first-order valence-corrected chi connectivity index (χ1v) is 8.88. The van der Waals surface area contributed by atoms with Crippen molar-refractivity contribution in [3.8, 4) is 0 Å². The molecule has 0 aromatic heterocycles. The second kappa shape index (κ2) is 6.85. The number of nitrogens with zero attached hydrogens (tertiary/aromatic N) is 1. The van der Waals surface area contributed by atoms with Gasteiger partial charge < -0.3 is 5.32 Å². The van der Waals surface area contributed by atoms with Crippen LogP contribution in [0.25, 0.3) is 0 Å². The van der Waals surface area contributed by atoms with Gasteiger partial charge in [-0.25, -0.2) is 12.8 Å². The SMILES string of the molecule is CCNCc1ccc(S(=O)(=O)N(C)C2CCCC2)c(F)c1. The maximum atomic E-state index is 14.2. The van der Waals surface area contributed by atoms with Gasteiger partial charge in [0.1, 0.15) is 10.7 Å². The Labute approximate surface area is 126 Å². The van der Waals surface area contributed by atoms with Gasteiger partial charge in [-0.2, -0.15) is 4.31 Å². The number of rotatable bonds is 6. The molecule has 1 aliphatic carbocycles. The highest BCUT2D eigenvalue weighted by Gasteiger charge is 2.31. The van der Waals surface area contributed by atoms with Crippen molar-refractivity contribution in [1.29, 1.82) is 0 Å². The fraction of sp³-hybridized carbons (Fsp3) is 0.600. The molecule has 6 heteroatoms. The molecular formula is C15H23FN2O2S. The van der Waals surface area contributed by atoms with E-state index in [1.807, 2.05) is 6.92 Å². The van der Waals surface area contributed by atoms with Crippen LogP contribution in [0.1, 0.15) is 38.2 Å². The molecule has 0 unspecified atom stereocenters. The van der Waals surface area contributed by atoms with Gasteiger partial charge in [0.2, 0.25) is 10.0 Å². The molecule has 0 aliphatic heterocycles. The monoisotopic (exact) mass is 314 g/mol. The highest BCUT2D eigenvalue weighted by atomic mass is 32.2. The second-order valence-electron chi connectivity index (χ2n) is 5.50. The van der Waals surface area contributed by atoms with Crippen LogP contribution in [0.2, 0.25) is 0 Å². The molecule has 0 atom stereocenters. The highest BCUT2D eigenvalue weighted by Crippen LogP contribution is 2.28. The standard InChI is InChI=1S/C15H23FN2O2S/c1-3-17-11-12-8-9-15(14(16)10-12)21(19,20)18(2)13-6-4-5-7-13/h8-10,13,17H,3-7,11H2,1-2H3. The maximum absolute atomic E-state index is 14.2. The van der Waals surface area contributed by atoms with E-state index in [0.717, 1.165) is 37.8 Å². The van der Waals surface area contributed by atoms with Crippen LogP contribution >= 0.6 is 0 Å². The predicted molar refractivity (Wildman–Crippen MR) is 81.0 cm³/mol. The van der Waals surface area contributed by atoms with Gasteiger partial charge >= 0.3 is 0 Å². The Balaban J connectivity index is 2.23. The van der Waals surface area contributed by atoms with Crippen LogP contribution in [0.15, 0.2) is 23.1 Å². The van der Waals surface area contributed by atoms with E-state index in [2.05, 4.69) is 5.32 Å². The lowest BCUT2D eigenvalue weighted by atomic mass is 10.2. The molecule has 1 saturated carbocycles. The topological polar surface area (TPSA) is 49.4 Å². The molecule has 0 radical (unpaired) electrons. The van der Waals surface area contributed by atoms with E-state index >= 15 is 0 Å². The lowest BCUT2D eigenvalue weighted by Crippen LogP contribution is -2.35. The van der Waals surface area contributed by atoms with Crippen molar-refractivity contribution in [2.75, 3.05) is 13.6 Å². The molecule has 0 bridgehead atoms. The summed E-state index contributed by atoms with van der Waals surface area (Å²) in [5, 5.41) is 3.09. The summed E-state index contributed by atoms with van der Waals surface area (Å²) < 4.78 is 40.6. The summed E-state index contributed by atoms with van der Waals surface area (Å²) in [5.74, 6) is -0.671. The normalized spacial score (nSPS) is 16.8. The number of hydrogen-bond acceptors (Lipinski definition) is 3. The average molecular weight is 314 g/mol. The number of nitrogens with one attached hydrogen (secondary N) is 1. The first kappa shape index (κ1) is 16.4. The summed E-state index contributed by atoms with van der Waals surface area (Å²) in [7, 11) is -2.20. The molecular weight excluding hydrogens is 291 g/mol. The Kier molecular flexibility index (Phi) is 5.35. The number of sulfonamides is 1. The first-order chi connectivity index (χ1) is 9.96. The molecule has 1 aromatic rings. The molecule has 0 amide bonds. The third kappa shape index (κ3) is 3.62. The van der Waals surface area contributed by atoms with Crippen LogP contribution < -0.4 is 5.32 Å². The van der Waals surface area contributed by atoms with E-state index in [4.69, 9.17) is 0 Å². The molecule has 2 rings (SSSR count). The molecule has 0 heterocycles. The van der Waals surface area contributed by atoms with Crippen molar-refractivity contribution < 1.29 is 12.8 Å². The van der Waals surface area contributed by atoms with Crippen molar-refractivity contribution in [2.24, 2.45) is 0 Å². The summed E-state index contributed by atoms with van der Waals surface area (Å²) in [5.41, 5.74) is 0.747. The summed E-state index contributed by atoms with van der Waals surface area (Å²) in [6.45, 7) is 3.28. The van der Waals surface area contributed by atoms with Gasteiger partial charge in [-0.05, 0) is 37.1 Å². The Morgan fingerprint density at radius 2 is 2.00 bits per heavy atom. The van der Waals surface area contributed by atoms with Crippen LogP contribution in [0, 0.1) is 5.82 Å². The van der Waals surface area contributed by atoms with Crippen LogP contribution in [-0.2, 0) is 16.6 Å². The van der Waals surface area contributed by atoms with Crippen LogP contribution in [0.5, 0.6) is 0 Å². The molecule has 4 nitrogen and oxygen atoms in total. The van der Waals surface area contributed by atoms with Gasteiger partial charge in [0, 0.05) is 19.6 Å². The molecule has 0 spiro atoms. The predicted octanol–water partition coefficient (Wildman–Crippen LogP) is 2.50. The minimum Gasteiger partial charge on any atom is -0.313 e. The van der Waals surface area contributed by atoms with Crippen molar-refractivity contribution in [2.45, 2.75) is 50.1 Å². The zero-order valence-electron chi connectivity index (χ0n) is 12.6. The zero-order chi connectivity index (χ0) is 15.5. The van der Waals surface area contributed by atoms with Crippen molar-refractivity contribution in [3.05, 3.63) is 29.6 Å². The fourth-order valence-electron chi connectivity index (χ4n) is 2.75. The largest absolute Gasteiger partial charge is 0.313 e. The fourth-order valence-corrected chi connectivity index (χ4v) is 4.21. The van der Waals surface area contributed by atoms with E-state index in [1.54, 1.807) is 13.1 Å². The van der Waals surface area contributed by atoms with Crippen LogP contribution in [-0.4, -0.2) is 32.4 Å². The lowest BCUT2D eigenvalue weighted by molar-refractivity contribution is 0.370. The average Bonchev–Trinajstić information content (AvgIpc) is 2.98. The first-order valence-electron chi connectivity index (χ1n) is 7.44. The second-order valence-corrected chi connectivity index (χ2v) is 7.47. The summed E-state index contributed by atoms with van der Waals surface area (Å²) in [4.78, 5) is -0.225. The lowest BCUT2D eigenvalue weighted by Gasteiger charge is -2.24. The number of halogens is 1. The van der Waals surface area contributed by atoms with Gasteiger partial charge in [0.25, 0.3) is 0 Å². The van der Waals surface area contributed by atoms with Crippen molar-refractivity contribution in [1.82, 2.24) is 9.62 Å². The molecule has 1 fully saturated rings. The molecule has 0 saturated heterocycles. The molecule has 1 aliphatic rings. The van der Waals surface area contributed by atoms with Gasteiger partial charge in [-0.3, -0.25) is 0 Å². The van der Waals surface area contributed by atoms with E-state index in [9.17, 15) is 12.8 Å². The number of benzene rings is 1. The molecule has 21 heavy (non-hydrogen) atoms. The molecule has 118 valence electrons. The third-order valence-corrected chi connectivity index (χ3v) is 6.01. The summed E-state index contributed by atoms with van der Waals surface area (Å²) in [6.07, 6.45) is 3.79. The Morgan fingerprint density at radius 1 is 1.33 bits per heavy atom. The van der Waals surface area contributed by atoms with Gasteiger partial charge in [0.05, 0.1) is 0 Å². The third-order valence-electron chi connectivity index (χ3n) is 4.07. The quantitative estimate of drug-likeness (QED) is 0.877. The van der Waals surface area contributed by atoms with Crippen LogP contribution in [0.4, 0.5) is 4.39 Å². The Hall–Kier alpha value is -0.980. The molecule has 1 N–H and O–H groups in total. The Bertz CT molecular complexity index is 583. The maximum Gasteiger partial charge on any atom is 0.245 e. The summed E-state index contributed by atoms with van der Waals surface area (Å²) in [6, 6.07) is 4.35.